The molecule has 1 heterocycles. The number of carbonyl (C=O) groups excluding carboxylic acids is 1. The number of rotatable bonds is 4. The van der Waals surface area contributed by atoms with E-state index in [-0.39, 0.29) is 23.7 Å². The van der Waals surface area contributed by atoms with Crippen molar-refractivity contribution in [3.63, 3.8) is 0 Å². The number of carboxylic acids is 1. The summed E-state index contributed by atoms with van der Waals surface area (Å²) in [6.45, 7) is 1.97. The zero-order valence-electron chi connectivity index (χ0n) is 10.3. The molecule has 7 heteroatoms. The normalized spacial score (nSPS) is 10.6. The molecule has 2 aromatic rings. The number of aromatic amines is 1. The van der Waals surface area contributed by atoms with E-state index in [0.29, 0.717) is 17.6 Å². The van der Waals surface area contributed by atoms with Crippen LogP contribution in [-0.2, 0) is 11.3 Å². The molecule has 0 aliphatic rings. The predicted molar refractivity (Wildman–Crippen MR) is 68.2 cm³/mol. The summed E-state index contributed by atoms with van der Waals surface area (Å²) < 4.78 is 1.40. The van der Waals surface area contributed by atoms with Gasteiger partial charge in [-0.3, -0.25) is 9.36 Å². The van der Waals surface area contributed by atoms with Crippen LogP contribution in [0.15, 0.2) is 23.0 Å². The van der Waals surface area contributed by atoms with Crippen molar-refractivity contribution in [3.8, 4) is 0 Å². The maximum Gasteiger partial charge on any atom is 0.335 e. The van der Waals surface area contributed by atoms with E-state index in [4.69, 9.17) is 5.11 Å². The molecule has 7 nitrogen and oxygen atoms in total. The summed E-state index contributed by atoms with van der Waals surface area (Å²) in [6, 6.07) is 4.41. The summed E-state index contributed by atoms with van der Waals surface area (Å²) in [5, 5.41) is 11.5. The van der Waals surface area contributed by atoms with E-state index in [1.807, 2.05) is 0 Å². The Hall–Kier alpha value is -2.57. The number of benzene rings is 1. The van der Waals surface area contributed by atoms with Crippen LogP contribution in [0.4, 0.5) is 0 Å². The molecule has 2 rings (SSSR count). The molecular formula is C12H13N3O4. The lowest BCUT2D eigenvalue weighted by Crippen LogP contribution is -2.28. The maximum atomic E-state index is 11.7. The van der Waals surface area contributed by atoms with E-state index in [1.54, 1.807) is 6.07 Å². The highest BCUT2D eigenvalue weighted by Gasteiger charge is 2.10. The van der Waals surface area contributed by atoms with Gasteiger partial charge in [-0.15, -0.1) is 0 Å². The number of nitrogens with one attached hydrogen (secondary N) is 2. The number of carbonyl (C=O) groups is 2. The largest absolute Gasteiger partial charge is 0.478 e. The predicted octanol–water partition coefficient (Wildman–Crippen LogP) is 0.164. The minimum Gasteiger partial charge on any atom is -0.478 e. The first-order valence-corrected chi connectivity index (χ1v) is 5.69. The number of hydrogen-bond donors (Lipinski definition) is 3. The number of imidazole rings is 1. The van der Waals surface area contributed by atoms with Crippen LogP contribution in [0.25, 0.3) is 11.0 Å². The van der Waals surface area contributed by atoms with E-state index in [2.05, 4.69) is 10.3 Å². The average Bonchev–Trinajstić information content (AvgIpc) is 2.64. The van der Waals surface area contributed by atoms with E-state index >= 15 is 0 Å². The van der Waals surface area contributed by atoms with Crippen molar-refractivity contribution in [1.82, 2.24) is 14.9 Å². The lowest BCUT2D eigenvalue weighted by molar-refractivity contribution is -0.118. The highest BCUT2D eigenvalue weighted by molar-refractivity contribution is 5.92. The van der Waals surface area contributed by atoms with E-state index in [0.717, 1.165) is 0 Å². The molecule has 0 saturated heterocycles. The molecule has 0 saturated carbocycles. The molecule has 0 spiro atoms. The molecule has 0 atom stereocenters. The number of hydrogen-bond acceptors (Lipinski definition) is 3. The Morgan fingerprint density at radius 2 is 2.16 bits per heavy atom. The summed E-state index contributed by atoms with van der Waals surface area (Å²) in [4.78, 5) is 36.1. The number of nitrogens with zero attached hydrogens (tertiary/aromatic N) is 1. The van der Waals surface area contributed by atoms with Gasteiger partial charge in [0.25, 0.3) is 0 Å². The van der Waals surface area contributed by atoms with Crippen molar-refractivity contribution >= 4 is 22.9 Å². The Labute approximate surface area is 107 Å². The van der Waals surface area contributed by atoms with Crippen LogP contribution in [0.5, 0.6) is 0 Å². The Morgan fingerprint density at radius 3 is 2.79 bits per heavy atom. The fraction of sp³-hybridized carbons (Fsp3) is 0.250. The highest BCUT2D eigenvalue weighted by atomic mass is 16.4. The van der Waals surface area contributed by atoms with E-state index in [9.17, 15) is 14.4 Å². The number of fused-ring (bicyclic) bond motifs is 1. The van der Waals surface area contributed by atoms with E-state index < -0.39 is 5.97 Å². The number of H-pyrrole nitrogens is 1. The smallest absolute Gasteiger partial charge is 0.335 e. The molecule has 3 N–H and O–H groups in total. The van der Waals surface area contributed by atoms with E-state index in [1.165, 1.54) is 23.6 Å². The van der Waals surface area contributed by atoms with Gasteiger partial charge < -0.3 is 15.4 Å². The van der Waals surface area contributed by atoms with Gasteiger partial charge in [-0.25, -0.2) is 9.59 Å². The Morgan fingerprint density at radius 1 is 1.42 bits per heavy atom. The first-order chi connectivity index (χ1) is 8.99. The van der Waals surface area contributed by atoms with Gasteiger partial charge in [0.05, 0.1) is 16.6 Å². The SMILES string of the molecule is CC(=O)NCCn1c(=O)[nH]c2ccc(C(=O)O)cc21. The lowest BCUT2D eigenvalue weighted by atomic mass is 10.2. The van der Waals surface area contributed by atoms with Gasteiger partial charge in [0.1, 0.15) is 0 Å². The first-order valence-electron chi connectivity index (χ1n) is 5.69. The second-order valence-electron chi connectivity index (χ2n) is 4.10. The Bertz CT molecular complexity index is 699. The quantitative estimate of drug-likeness (QED) is 0.731. The topological polar surface area (TPSA) is 104 Å². The second-order valence-corrected chi connectivity index (χ2v) is 4.10. The van der Waals surface area contributed by atoms with Crippen LogP contribution >= 0.6 is 0 Å². The number of aromatic nitrogens is 2. The summed E-state index contributed by atoms with van der Waals surface area (Å²) in [7, 11) is 0. The lowest BCUT2D eigenvalue weighted by Gasteiger charge is -2.04. The molecule has 0 aliphatic heterocycles. The summed E-state index contributed by atoms with van der Waals surface area (Å²) >= 11 is 0. The van der Waals surface area contributed by atoms with Crippen molar-refractivity contribution in [2.45, 2.75) is 13.5 Å². The highest BCUT2D eigenvalue weighted by Crippen LogP contribution is 2.12. The third-order valence-electron chi connectivity index (χ3n) is 2.73. The zero-order chi connectivity index (χ0) is 14.0. The summed E-state index contributed by atoms with van der Waals surface area (Å²) in [6.07, 6.45) is 0. The first kappa shape index (κ1) is 12.9. The molecule has 1 aromatic heterocycles. The van der Waals surface area contributed by atoms with Gasteiger partial charge in [-0.1, -0.05) is 0 Å². The number of amides is 1. The van der Waals surface area contributed by atoms with Crippen molar-refractivity contribution in [3.05, 3.63) is 34.2 Å². The second kappa shape index (κ2) is 4.97. The minimum atomic E-state index is -1.05. The average molecular weight is 263 g/mol. The third kappa shape index (κ3) is 2.65. The minimum absolute atomic E-state index is 0.111. The van der Waals surface area contributed by atoms with Crippen LogP contribution in [-0.4, -0.2) is 33.1 Å². The monoisotopic (exact) mass is 263 g/mol. The standard InChI is InChI=1S/C12H13N3O4/c1-7(16)13-4-5-15-10-6-8(11(17)18)2-3-9(10)14-12(15)19/h2-3,6H,4-5H2,1H3,(H,13,16)(H,14,19)(H,17,18). The van der Waals surface area contributed by atoms with Crippen LogP contribution in [0.3, 0.4) is 0 Å². The zero-order valence-corrected chi connectivity index (χ0v) is 10.3. The third-order valence-corrected chi connectivity index (χ3v) is 2.73. The van der Waals surface area contributed by atoms with Crippen LogP contribution in [0.2, 0.25) is 0 Å². The van der Waals surface area contributed by atoms with Crippen LogP contribution in [0.1, 0.15) is 17.3 Å². The van der Waals surface area contributed by atoms with Gasteiger partial charge in [0.15, 0.2) is 0 Å². The molecule has 1 aromatic carbocycles. The van der Waals surface area contributed by atoms with Crippen molar-refractivity contribution < 1.29 is 14.7 Å². The molecule has 19 heavy (non-hydrogen) atoms. The van der Waals surface area contributed by atoms with Gasteiger partial charge >= 0.3 is 11.7 Å². The fourth-order valence-corrected chi connectivity index (χ4v) is 1.85. The molecule has 1 amide bonds. The molecule has 0 fully saturated rings. The molecule has 0 unspecified atom stereocenters. The van der Waals surface area contributed by atoms with Crippen molar-refractivity contribution in [2.75, 3.05) is 6.54 Å². The summed E-state index contributed by atoms with van der Waals surface area (Å²) in [5.74, 6) is -1.23. The Kier molecular flexibility index (Phi) is 3.37. The van der Waals surface area contributed by atoms with Crippen LogP contribution < -0.4 is 11.0 Å². The van der Waals surface area contributed by atoms with Gasteiger partial charge in [0, 0.05) is 20.0 Å². The molecule has 0 radical (unpaired) electrons. The molecular weight excluding hydrogens is 250 g/mol. The molecule has 0 bridgehead atoms. The van der Waals surface area contributed by atoms with Gasteiger partial charge in [0.2, 0.25) is 5.91 Å². The molecule has 100 valence electrons. The fourth-order valence-electron chi connectivity index (χ4n) is 1.85. The van der Waals surface area contributed by atoms with Crippen molar-refractivity contribution in [1.29, 1.82) is 0 Å². The number of aromatic carboxylic acids is 1. The Balaban J connectivity index is 2.38. The molecule has 0 aliphatic carbocycles. The van der Waals surface area contributed by atoms with Crippen molar-refractivity contribution in [2.24, 2.45) is 0 Å². The van der Waals surface area contributed by atoms with Gasteiger partial charge in [-0.05, 0) is 18.2 Å². The van der Waals surface area contributed by atoms with Crippen LogP contribution in [0, 0.1) is 0 Å². The summed E-state index contributed by atoms with van der Waals surface area (Å²) in [5.41, 5.74) is 0.857. The maximum absolute atomic E-state index is 11.7. The van der Waals surface area contributed by atoms with Gasteiger partial charge in [-0.2, -0.15) is 0 Å². The number of carboxylic acid groups (broad SMARTS) is 1.